The first-order valence-corrected chi connectivity index (χ1v) is 7.45. The van der Waals surface area contributed by atoms with Crippen LogP contribution in [-0.2, 0) is 0 Å². The third-order valence-electron chi connectivity index (χ3n) is 4.17. The molecule has 2 fully saturated rings. The van der Waals surface area contributed by atoms with Gasteiger partial charge >= 0.3 is 0 Å². The van der Waals surface area contributed by atoms with E-state index in [0.29, 0.717) is 0 Å². The third kappa shape index (κ3) is 5.92. The monoisotopic (exact) mass is 226 g/mol. The summed E-state index contributed by atoms with van der Waals surface area (Å²) in [6.07, 6.45) is 16.9. The van der Waals surface area contributed by atoms with Crippen LogP contribution in [0.15, 0.2) is 0 Å². The number of rotatable bonds is 4. The Labute approximate surface area is 104 Å². The molecule has 0 nitrogen and oxygen atoms in total. The largest absolute Gasteiger partial charge is 0.0776 e. The van der Waals surface area contributed by atoms with Gasteiger partial charge in [-0.1, -0.05) is 91.9 Å². The summed E-state index contributed by atoms with van der Waals surface area (Å²) >= 11 is 0. The van der Waals surface area contributed by atoms with Gasteiger partial charge in [-0.05, 0) is 11.8 Å². The van der Waals surface area contributed by atoms with Crippen LogP contribution in [0.4, 0.5) is 0 Å². The van der Waals surface area contributed by atoms with Gasteiger partial charge in [0.25, 0.3) is 0 Å². The topological polar surface area (TPSA) is 0 Å². The summed E-state index contributed by atoms with van der Waals surface area (Å²) in [6, 6.07) is 0. The Morgan fingerprint density at radius 2 is 1.00 bits per heavy atom. The smallest absolute Gasteiger partial charge is 0.0414 e. The van der Waals surface area contributed by atoms with Crippen molar-refractivity contribution in [2.24, 2.45) is 11.8 Å². The van der Waals surface area contributed by atoms with Gasteiger partial charge in [0.05, 0.1) is 0 Å². The first-order valence-electron chi connectivity index (χ1n) is 7.45. The van der Waals surface area contributed by atoms with Crippen molar-refractivity contribution in [1.82, 2.24) is 0 Å². The molecule has 0 aromatic carbocycles. The van der Waals surface area contributed by atoms with Crippen LogP contribution in [0.25, 0.3) is 0 Å². The molecule has 2 saturated carbocycles. The van der Waals surface area contributed by atoms with E-state index in [1.165, 1.54) is 32.1 Å². The Kier molecular flexibility index (Phi) is 10.2. The van der Waals surface area contributed by atoms with Crippen LogP contribution in [0.3, 0.4) is 0 Å². The van der Waals surface area contributed by atoms with E-state index in [0.717, 1.165) is 11.8 Å². The predicted molar refractivity (Wildman–Crippen MR) is 75.8 cm³/mol. The second kappa shape index (κ2) is 10.2. The molecule has 2 aliphatic carbocycles. The summed E-state index contributed by atoms with van der Waals surface area (Å²) in [6.45, 7) is 4.00. The van der Waals surface area contributed by atoms with Crippen LogP contribution < -0.4 is 0 Å². The van der Waals surface area contributed by atoms with Crippen molar-refractivity contribution in [3.8, 4) is 0 Å². The summed E-state index contributed by atoms with van der Waals surface area (Å²) in [5, 5.41) is 0. The van der Waals surface area contributed by atoms with Gasteiger partial charge in [0, 0.05) is 0 Å². The van der Waals surface area contributed by atoms with E-state index in [1.807, 2.05) is 13.8 Å². The maximum Gasteiger partial charge on any atom is -0.0414 e. The normalized spacial score (nSPS) is 21.4. The van der Waals surface area contributed by atoms with Crippen molar-refractivity contribution in [2.75, 3.05) is 0 Å². The third-order valence-corrected chi connectivity index (χ3v) is 4.17. The highest BCUT2D eigenvalue weighted by molar-refractivity contribution is 4.70. The van der Waals surface area contributed by atoms with Crippen molar-refractivity contribution < 1.29 is 0 Å². The lowest BCUT2D eigenvalue weighted by molar-refractivity contribution is 0.416. The minimum absolute atomic E-state index is 0. The van der Waals surface area contributed by atoms with Gasteiger partial charge in [-0.3, -0.25) is 0 Å². The lowest BCUT2D eigenvalue weighted by Crippen LogP contribution is -1.97. The highest BCUT2D eigenvalue weighted by atomic mass is 14.2. The van der Waals surface area contributed by atoms with Crippen LogP contribution in [0.1, 0.15) is 91.9 Å². The van der Waals surface area contributed by atoms with Gasteiger partial charge in [0.2, 0.25) is 0 Å². The molecule has 2 aliphatic rings. The van der Waals surface area contributed by atoms with Crippen LogP contribution in [0.2, 0.25) is 0 Å². The molecule has 0 aromatic heterocycles. The highest BCUT2D eigenvalue weighted by Crippen LogP contribution is 2.33. The molecule has 0 amide bonds. The minimum Gasteiger partial charge on any atom is -0.0776 e. The molecule has 16 heavy (non-hydrogen) atoms. The first kappa shape index (κ1) is 16.0. The molecule has 0 radical (unpaired) electrons. The van der Waals surface area contributed by atoms with Crippen molar-refractivity contribution in [1.29, 1.82) is 0 Å². The van der Waals surface area contributed by atoms with Gasteiger partial charge in [0.1, 0.15) is 0 Å². The zero-order valence-electron chi connectivity index (χ0n) is 10.9. The number of hydrogen-bond acceptors (Lipinski definition) is 0. The van der Waals surface area contributed by atoms with Gasteiger partial charge in [-0.15, -0.1) is 0 Å². The SMILES string of the molecule is C.C1CCC(CCCC2CCCC2)C1.CC. The van der Waals surface area contributed by atoms with Crippen LogP contribution in [0, 0.1) is 11.8 Å². The molecular weight excluding hydrogens is 192 g/mol. The quantitative estimate of drug-likeness (QED) is 0.535. The molecule has 0 heteroatoms. The Balaban J connectivity index is 0.000000711. The van der Waals surface area contributed by atoms with E-state index < -0.39 is 0 Å². The van der Waals surface area contributed by atoms with Crippen molar-refractivity contribution in [2.45, 2.75) is 91.9 Å². The molecule has 0 atom stereocenters. The highest BCUT2D eigenvalue weighted by Gasteiger charge is 2.17. The second-order valence-corrected chi connectivity index (χ2v) is 5.23. The van der Waals surface area contributed by atoms with E-state index in [2.05, 4.69) is 0 Å². The molecule has 0 bridgehead atoms. The fourth-order valence-corrected chi connectivity index (χ4v) is 3.29. The maximum atomic E-state index is 2.00. The number of hydrogen-bond donors (Lipinski definition) is 0. The maximum absolute atomic E-state index is 2.00. The van der Waals surface area contributed by atoms with E-state index >= 15 is 0 Å². The van der Waals surface area contributed by atoms with Gasteiger partial charge < -0.3 is 0 Å². The molecular formula is C16H34. The molecule has 2 rings (SSSR count). The van der Waals surface area contributed by atoms with Crippen molar-refractivity contribution in [3.63, 3.8) is 0 Å². The molecule has 0 spiro atoms. The summed E-state index contributed by atoms with van der Waals surface area (Å²) in [5.41, 5.74) is 0. The Hall–Kier alpha value is 0. The van der Waals surface area contributed by atoms with E-state index in [9.17, 15) is 0 Å². The lowest BCUT2D eigenvalue weighted by atomic mass is 9.95. The molecule has 0 unspecified atom stereocenters. The van der Waals surface area contributed by atoms with Crippen molar-refractivity contribution >= 4 is 0 Å². The van der Waals surface area contributed by atoms with Crippen LogP contribution >= 0.6 is 0 Å². The molecule has 0 saturated heterocycles. The second-order valence-electron chi connectivity index (χ2n) is 5.23. The summed E-state index contributed by atoms with van der Waals surface area (Å²) in [7, 11) is 0. The minimum atomic E-state index is 0. The van der Waals surface area contributed by atoms with E-state index in [4.69, 9.17) is 0 Å². The molecule has 0 heterocycles. The van der Waals surface area contributed by atoms with Gasteiger partial charge in [-0.25, -0.2) is 0 Å². The standard InChI is InChI=1S/C13H24.C2H6.CH4/c1-2-7-12(6-1)10-5-11-13-8-3-4-9-13;1-2;/h12-13H,1-11H2;1-2H3;1H4. The fraction of sp³-hybridized carbons (Fsp3) is 1.00. The fourth-order valence-electron chi connectivity index (χ4n) is 3.29. The zero-order chi connectivity index (χ0) is 10.9. The lowest BCUT2D eigenvalue weighted by Gasteiger charge is -2.11. The Bertz CT molecular complexity index is 111. The van der Waals surface area contributed by atoms with E-state index in [1.54, 1.807) is 38.5 Å². The zero-order valence-corrected chi connectivity index (χ0v) is 10.9. The van der Waals surface area contributed by atoms with E-state index in [-0.39, 0.29) is 7.43 Å². The first-order chi connectivity index (χ1) is 7.45. The van der Waals surface area contributed by atoms with Gasteiger partial charge in [-0.2, -0.15) is 0 Å². The molecule has 0 aromatic rings. The summed E-state index contributed by atoms with van der Waals surface area (Å²) in [5.74, 6) is 2.25. The average molecular weight is 226 g/mol. The van der Waals surface area contributed by atoms with Crippen LogP contribution in [-0.4, -0.2) is 0 Å². The van der Waals surface area contributed by atoms with Gasteiger partial charge in [0.15, 0.2) is 0 Å². The van der Waals surface area contributed by atoms with Crippen molar-refractivity contribution in [3.05, 3.63) is 0 Å². The molecule has 98 valence electrons. The van der Waals surface area contributed by atoms with Crippen LogP contribution in [0.5, 0.6) is 0 Å². The average Bonchev–Trinajstić information content (AvgIpc) is 2.93. The predicted octanol–water partition coefficient (Wildman–Crippen LogP) is 6.20. The summed E-state index contributed by atoms with van der Waals surface area (Å²) < 4.78 is 0. The summed E-state index contributed by atoms with van der Waals surface area (Å²) in [4.78, 5) is 0. The molecule has 0 N–H and O–H groups in total. The molecule has 0 aliphatic heterocycles. The Morgan fingerprint density at radius 1 is 0.688 bits per heavy atom. The Morgan fingerprint density at radius 3 is 1.31 bits per heavy atom.